The van der Waals surface area contributed by atoms with Crippen molar-refractivity contribution in [1.82, 2.24) is 4.98 Å². The van der Waals surface area contributed by atoms with Crippen molar-refractivity contribution in [2.24, 2.45) is 0 Å². The van der Waals surface area contributed by atoms with E-state index in [1.54, 1.807) is 42.5 Å². The molecule has 1 atom stereocenters. The van der Waals surface area contributed by atoms with Crippen molar-refractivity contribution in [2.45, 2.75) is 12.3 Å². The van der Waals surface area contributed by atoms with Gasteiger partial charge in [-0.1, -0.05) is 48.0 Å². The van der Waals surface area contributed by atoms with Crippen molar-refractivity contribution >= 4 is 29.2 Å². The lowest BCUT2D eigenvalue weighted by molar-refractivity contribution is -0.137. The van der Waals surface area contributed by atoms with Crippen LogP contribution in [-0.4, -0.2) is 16.9 Å². The molecule has 1 N–H and O–H groups in total. The highest BCUT2D eigenvalue weighted by atomic mass is 35.5. The van der Waals surface area contributed by atoms with Gasteiger partial charge in [-0.25, -0.2) is 9.78 Å². The molecule has 9 heteroatoms. The number of anilines is 1. The number of hydrogen-bond donors (Lipinski definition) is 1. The standard InChI is InChI=1S/C21H14ClF3N2O3/c22-16-10-9-14(12-15(16)21(23,24)25)27-19(28)18(13-6-2-1-3-7-13)30-20(29)17-8-4-5-11-26-17/h1-12,18H,(H,27,28)/t18-/m1/s1. The van der Waals surface area contributed by atoms with Gasteiger partial charge in [-0.3, -0.25) is 4.79 Å². The zero-order chi connectivity index (χ0) is 21.7. The molecule has 0 aliphatic carbocycles. The molecule has 1 heterocycles. The SMILES string of the molecule is O=C(O[C@@H](C(=O)Nc1ccc(Cl)c(C(F)(F)F)c1)c1ccccc1)c1ccccn1. The van der Waals surface area contributed by atoms with E-state index < -0.39 is 34.7 Å². The lowest BCUT2D eigenvalue weighted by atomic mass is 10.1. The third-order valence-corrected chi connectivity index (χ3v) is 4.31. The van der Waals surface area contributed by atoms with E-state index in [1.165, 1.54) is 18.3 Å². The van der Waals surface area contributed by atoms with Gasteiger partial charge in [0.25, 0.3) is 5.91 Å². The second kappa shape index (κ2) is 8.96. The lowest BCUT2D eigenvalue weighted by Gasteiger charge is -2.18. The third-order valence-electron chi connectivity index (χ3n) is 3.98. The summed E-state index contributed by atoms with van der Waals surface area (Å²) in [5.41, 5.74) is -0.920. The number of alkyl halides is 3. The minimum Gasteiger partial charge on any atom is -0.443 e. The van der Waals surface area contributed by atoms with E-state index in [-0.39, 0.29) is 11.4 Å². The van der Waals surface area contributed by atoms with E-state index in [9.17, 15) is 22.8 Å². The first-order valence-electron chi connectivity index (χ1n) is 8.60. The molecule has 30 heavy (non-hydrogen) atoms. The molecule has 0 aliphatic heterocycles. The largest absolute Gasteiger partial charge is 0.443 e. The molecule has 0 aliphatic rings. The number of amides is 1. The maximum absolute atomic E-state index is 13.1. The van der Waals surface area contributed by atoms with Crippen LogP contribution in [0.3, 0.4) is 0 Å². The Morgan fingerprint density at radius 3 is 2.33 bits per heavy atom. The zero-order valence-electron chi connectivity index (χ0n) is 15.2. The Kier molecular flexibility index (Phi) is 6.37. The number of nitrogens with zero attached hydrogens (tertiary/aromatic N) is 1. The number of rotatable bonds is 5. The monoisotopic (exact) mass is 434 g/mol. The molecule has 154 valence electrons. The molecule has 0 fully saturated rings. The van der Waals surface area contributed by atoms with E-state index in [0.29, 0.717) is 11.6 Å². The number of nitrogens with one attached hydrogen (secondary N) is 1. The second-order valence-electron chi connectivity index (χ2n) is 6.09. The van der Waals surface area contributed by atoms with E-state index in [0.717, 1.165) is 6.07 Å². The number of esters is 1. The summed E-state index contributed by atoms with van der Waals surface area (Å²) in [5, 5.41) is 1.84. The fourth-order valence-corrected chi connectivity index (χ4v) is 2.80. The maximum Gasteiger partial charge on any atom is 0.417 e. The molecule has 3 aromatic rings. The minimum atomic E-state index is -4.69. The summed E-state index contributed by atoms with van der Waals surface area (Å²) < 4.78 is 44.5. The summed E-state index contributed by atoms with van der Waals surface area (Å²) in [6, 6.07) is 15.6. The van der Waals surface area contributed by atoms with Crippen LogP contribution in [0.25, 0.3) is 0 Å². The topological polar surface area (TPSA) is 68.3 Å². The van der Waals surface area contributed by atoms with Crippen molar-refractivity contribution in [3.63, 3.8) is 0 Å². The Hall–Kier alpha value is -3.39. The Morgan fingerprint density at radius 1 is 1.00 bits per heavy atom. The predicted octanol–water partition coefficient (Wildman–Crippen LogP) is 5.29. The average Bonchev–Trinajstić information content (AvgIpc) is 2.73. The number of ether oxygens (including phenoxy) is 1. The van der Waals surface area contributed by atoms with Gasteiger partial charge in [-0.15, -0.1) is 0 Å². The van der Waals surface area contributed by atoms with Gasteiger partial charge in [-0.2, -0.15) is 13.2 Å². The summed E-state index contributed by atoms with van der Waals surface area (Å²) in [5.74, 6) is -1.69. The fraction of sp³-hybridized carbons (Fsp3) is 0.0952. The Balaban J connectivity index is 1.87. The van der Waals surface area contributed by atoms with Crippen LogP contribution in [-0.2, 0) is 15.7 Å². The highest BCUT2D eigenvalue weighted by molar-refractivity contribution is 6.31. The second-order valence-corrected chi connectivity index (χ2v) is 6.50. The highest BCUT2D eigenvalue weighted by Gasteiger charge is 2.34. The van der Waals surface area contributed by atoms with Gasteiger partial charge in [0, 0.05) is 17.4 Å². The minimum absolute atomic E-state index is 0.0166. The van der Waals surface area contributed by atoms with Crippen LogP contribution in [0.1, 0.15) is 27.7 Å². The van der Waals surface area contributed by atoms with Crippen molar-refractivity contribution in [3.05, 3.63) is 94.8 Å². The quantitative estimate of drug-likeness (QED) is 0.554. The molecule has 1 amide bonds. The average molecular weight is 435 g/mol. The summed E-state index contributed by atoms with van der Waals surface area (Å²) >= 11 is 5.60. The van der Waals surface area contributed by atoms with Gasteiger partial charge in [0.15, 0.2) is 0 Å². The Bertz CT molecular complexity index is 1040. The van der Waals surface area contributed by atoms with Crippen LogP contribution in [0.2, 0.25) is 5.02 Å². The van der Waals surface area contributed by atoms with Gasteiger partial charge in [-0.05, 0) is 30.3 Å². The zero-order valence-corrected chi connectivity index (χ0v) is 15.9. The third kappa shape index (κ3) is 5.15. The van der Waals surface area contributed by atoms with Gasteiger partial charge < -0.3 is 10.1 Å². The number of pyridine rings is 1. The molecule has 0 unspecified atom stereocenters. The summed E-state index contributed by atoms with van der Waals surface area (Å²) in [7, 11) is 0. The maximum atomic E-state index is 13.1. The number of carbonyl (C=O) groups is 2. The number of hydrogen-bond acceptors (Lipinski definition) is 4. The molecular formula is C21H14ClF3N2O3. The molecule has 5 nitrogen and oxygen atoms in total. The van der Waals surface area contributed by atoms with Crippen LogP contribution in [0.15, 0.2) is 72.9 Å². The molecule has 0 bridgehead atoms. The van der Waals surface area contributed by atoms with Crippen molar-refractivity contribution in [2.75, 3.05) is 5.32 Å². The predicted molar refractivity (Wildman–Crippen MR) is 104 cm³/mol. The first-order valence-corrected chi connectivity index (χ1v) is 8.98. The van der Waals surface area contributed by atoms with E-state index in [4.69, 9.17) is 16.3 Å². The van der Waals surface area contributed by atoms with Crippen LogP contribution in [0, 0.1) is 0 Å². The normalized spacial score (nSPS) is 12.1. The highest BCUT2D eigenvalue weighted by Crippen LogP contribution is 2.36. The van der Waals surface area contributed by atoms with E-state index in [2.05, 4.69) is 10.3 Å². The summed E-state index contributed by atoms with van der Waals surface area (Å²) in [4.78, 5) is 29.1. The smallest absolute Gasteiger partial charge is 0.417 e. The number of benzene rings is 2. The first kappa shape index (κ1) is 21.3. The lowest BCUT2D eigenvalue weighted by Crippen LogP contribution is -2.26. The van der Waals surface area contributed by atoms with Crippen molar-refractivity contribution < 1.29 is 27.5 Å². The molecular weight excluding hydrogens is 421 g/mol. The molecule has 0 spiro atoms. The molecule has 1 aromatic heterocycles. The van der Waals surface area contributed by atoms with Crippen molar-refractivity contribution in [1.29, 1.82) is 0 Å². The molecule has 0 saturated carbocycles. The van der Waals surface area contributed by atoms with Crippen LogP contribution < -0.4 is 5.32 Å². The van der Waals surface area contributed by atoms with Crippen molar-refractivity contribution in [3.8, 4) is 0 Å². The van der Waals surface area contributed by atoms with Gasteiger partial charge >= 0.3 is 12.1 Å². The number of carbonyl (C=O) groups excluding carboxylic acids is 2. The Labute approximate surface area is 174 Å². The van der Waals surface area contributed by atoms with Gasteiger partial charge in [0.2, 0.25) is 6.10 Å². The Morgan fingerprint density at radius 2 is 1.70 bits per heavy atom. The summed E-state index contributed by atoms with van der Waals surface area (Å²) in [6.45, 7) is 0. The number of aromatic nitrogens is 1. The molecule has 2 aromatic carbocycles. The number of halogens is 4. The summed E-state index contributed by atoms with van der Waals surface area (Å²) in [6.07, 6.45) is -4.71. The van der Waals surface area contributed by atoms with Crippen LogP contribution in [0.5, 0.6) is 0 Å². The fourth-order valence-electron chi connectivity index (χ4n) is 2.58. The molecule has 3 rings (SSSR count). The van der Waals surface area contributed by atoms with Gasteiger partial charge in [0.1, 0.15) is 5.69 Å². The molecule has 0 radical (unpaired) electrons. The van der Waals surface area contributed by atoms with Crippen LogP contribution >= 0.6 is 11.6 Å². The van der Waals surface area contributed by atoms with E-state index >= 15 is 0 Å². The molecule has 0 saturated heterocycles. The van der Waals surface area contributed by atoms with Gasteiger partial charge in [0.05, 0.1) is 10.6 Å². The van der Waals surface area contributed by atoms with Crippen LogP contribution in [0.4, 0.5) is 18.9 Å². The van der Waals surface area contributed by atoms with E-state index in [1.807, 2.05) is 0 Å². The first-order chi connectivity index (χ1) is 14.3.